The molecule has 3 rings (SSSR count). The molecule has 0 saturated heterocycles. The quantitative estimate of drug-likeness (QED) is 0.812. The van der Waals surface area contributed by atoms with Crippen molar-refractivity contribution >= 4 is 21.8 Å². The van der Waals surface area contributed by atoms with Crippen LogP contribution in [0.15, 0.2) is 4.47 Å². The number of amides is 1. The molecule has 0 radical (unpaired) electrons. The Hall–Kier alpha value is -0.880. The predicted molar refractivity (Wildman–Crippen MR) is 97.2 cm³/mol. The zero-order valence-electron chi connectivity index (χ0n) is 15.1. The van der Waals surface area contributed by atoms with Gasteiger partial charge in [-0.3, -0.25) is 9.89 Å². The Morgan fingerprint density at radius 3 is 2.67 bits per heavy atom. The zero-order chi connectivity index (χ0) is 17.5. The van der Waals surface area contributed by atoms with E-state index in [-0.39, 0.29) is 17.4 Å². The Labute approximate surface area is 152 Å². The molecule has 2 aliphatic rings. The maximum absolute atomic E-state index is 13.0. The molecule has 134 valence electrons. The second-order valence-electron chi connectivity index (χ2n) is 7.51. The Kier molecular flexibility index (Phi) is 5.07. The first-order chi connectivity index (χ1) is 11.4. The summed E-state index contributed by atoms with van der Waals surface area (Å²) in [5, 5.41) is 7.28. The molecule has 0 aliphatic heterocycles. The van der Waals surface area contributed by atoms with Gasteiger partial charge < -0.3 is 9.64 Å². The minimum absolute atomic E-state index is 0.00347. The summed E-state index contributed by atoms with van der Waals surface area (Å²) in [6.45, 7) is 6.98. The van der Waals surface area contributed by atoms with Crippen molar-refractivity contribution in [3.63, 3.8) is 0 Å². The normalized spacial score (nSPS) is 25.2. The topological polar surface area (TPSA) is 58.2 Å². The molecule has 2 fully saturated rings. The van der Waals surface area contributed by atoms with Crippen molar-refractivity contribution in [2.75, 3.05) is 13.7 Å². The lowest BCUT2D eigenvalue weighted by atomic mass is 9.60. The molecule has 2 saturated carbocycles. The van der Waals surface area contributed by atoms with E-state index in [1.807, 2.05) is 11.9 Å². The SMILES string of the molecule is CCOC1CC(N(C)C(=O)c2n[nH]c(C(C)C)c2Br)C12CCCC2. The first-order valence-corrected chi connectivity index (χ1v) is 9.84. The van der Waals surface area contributed by atoms with Gasteiger partial charge in [0.05, 0.1) is 16.3 Å². The minimum Gasteiger partial charge on any atom is -0.378 e. The van der Waals surface area contributed by atoms with Crippen molar-refractivity contribution in [1.82, 2.24) is 15.1 Å². The highest BCUT2D eigenvalue weighted by Gasteiger charge is 2.59. The summed E-state index contributed by atoms with van der Waals surface area (Å²) in [6.07, 6.45) is 6.06. The number of halogens is 1. The van der Waals surface area contributed by atoms with Crippen molar-refractivity contribution in [1.29, 1.82) is 0 Å². The van der Waals surface area contributed by atoms with Gasteiger partial charge in [0.15, 0.2) is 5.69 Å². The molecule has 2 atom stereocenters. The fraction of sp³-hybridized carbons (Fsp3) is 0.778. The summed E-state index contributed by atoms with van der Waals surface area (Å²) in [6, 6.07) is 0.259. The van der Waals surface area contributed by atoms with Crippen molar-refractivity contribution in [3.05, 3.63) is 15.9 Å². The van der Waals surface area contributed by atoms with Crippen molar-refractivity contribution in [2.24, 2.45) is 5.41 Å². The fourth-order valence-electron chi connectivity index (χ4n) is 4.57. The molecule has 0 aromatic carbocycles. The van der Waals surface area contributed by atoms with Crippen LogP contribution in [-0.2, 0) is 4.74 Å². The summed E-state index contributed by atoms with van der Waals surface area (Å²) in [5.74, 6) is 0.294. The molecular weight excluding hydrogens is 370 g/mol. The summed E-state index contributed by atoms with van der Waals surface area (Å²) >= 11 is 3.56. The van der Waals surface area contributed by atoms with E-state index in [4.69, 9.17) is 4.74 Å². The van der Waals surface area contributed by atoms with E-state index in [1.165, 1.54) is 25.7 Å². The molecule has 5 nitrogen and oxygen atoms in total. The molecule has 1 heterocycles. The van der Waals surface area contributed by atoms with Gasteiger partial charge in [-0.2, -0.15) is 5.10 Å². The fourth-order valence-corrected chi connectivity index (χ4v) is 5.37. The van der Waals surface area contributed by atoms with E-state index >= 15 is 0 Å². The number of aromatic nitrogens is 2. The van der Waals surface area contributed by atoms with Crippen molar-refractivity contribution < 1.29 is 9.53 Å². The molecule has 0 bridgehead atoms. The highest BCUT2D eigenvalue weighted by molar-refractivity contribution is 9.10. The van der Waals surface area contributed by atoms with E-state index in [9.17, 15) is 4.79 Å². The number of nitrogens with one attached hydrogen (secondary N) is 1. The standard InChI is InChI=1S/C18H28BrN3O2/c1-5-24-13-10-12(18(13)8-6-7-9-18)22(4)17(23)16-14(19)15(11(2)3)20-21-16/h11-13H,5-10H2,1-4H3,(H,20,21). The van der Waals surface area contributed by atoms with Gasteiger partial charge in [-0.15, -0.1) is 0 Å². The number of hydrogen-bond donors (Lipinski definition) is 1. The second kappa shape index (κ2) is 6.79. The number of ether oxygens (including phenoxy) is 1. The molecule has 1 amide bonds. The van der Waals surface area contributed by atoms with E-state index < -0.39 is 0 Å². The van der Waals surface area contributed by atoms with Crippen molar-refractivity contribution in [3.8, 4) is 0 Å². The lowest BCUT2D eigenvalue weighted by Gasteiger charge is -2.56. The van der Waals surface area contributed by atoms with Crippen LogP contribution in [0.3, 0.4) is 0 Å². The molecular formula is C18H28BrN3O2. The van der Waals surface area contributed by atoms with Crippen LogP contribution in [0.2, 0.25) is 0 Å². The number of rotatable bonds is 5. The number of nitrogens with zero attached hydrogens (tertiary/aromatic N) is 2. The molecule has 1 aromatic rings. The predicted octanol–water partition coefficient (Wildman–Crippen LogP) is 4.11. The van der Waals surface area contributed by atoms with Crippen LogP contribution in [0, 0.1) is 5.41 Å². The minimum atomic E-state index is -0.00347. The van der Waals surface area contributed by atoms with Crippen LogP contribution in [0.1, 0.15) is 75.0 Å². The van der Waals surface area contributed by atoms with Gasteiger partial charge in [-0.05, 0) is 48.0 Å². The average Bonchev–Trinajstić information content (AvgIpc) is 3.18. The van der Waals surface area contributed by atoms with Crippen LogP contribution in [0.25, 0.3) is 0 Å². The number of carbonyl (C=O) groups is 1. The summed E-state index contributed by atoms with van der Waals surface area (Å²) in [5.41, 5.74) is 1.63. The van der Waals surface area contributed by atoms with E-state index in [1.54, 1.807) is 0 Å². The van der Waals surface area contributed by atoms with E-state index in [2.05, 4.69) is 46.9 Å². The lowest BCUT2D eigenvalue weighted by molar-refractivity contribution is -0.152. The molecule has 24 heavy (non-hydrogen) atoms. The van der Waals surface area contributed by atoms with Crippen LogP contribution < -0.4 is 0 Å². The third-order valence-electron chi connectivity index (χ3n) is 5.94. The Balaban J connectivity index is 1.79. The monoisotopic (exact) mass is 397 g/mol. The van der Waals surface area contributed by atoms with Gasteiger partial charge in [-0.25, -0.2) is 0 Å². The largest absolute Gasteiger partial charge is 0.378 e. The molecule has 1 spiro atoms. The Bertz CT molecular complexity index is 607. The maximum Gasteiger partial charge on any atom is 0.275 e. The second-order valence-corrected chi connectivity index (χ2v) is 8.30. The molecule has 1 N–H and O–H groups in total. The van der Waals surface area contributed by atoms with Gasteiger partial charge >= 0.3 is 0 Å². The zero-order valence-corrected chi connectivity index (χ0v) is 16.6. The van der Waals surface area contributed by atoms with Crippen LogP contribution in [-0.4, -0.2) is 46.8 Å². The summed E-state index contributed by atoms with van der Waals surface area (Å²) < 4.78 is 6.77. The molecule has 6 heteroatoms. The number of aromatic amines is 1. The molecule has 2 unspecified atom stereocenters. The first kappa shape index (κ1) is 17.9. The third-order valence-corrected chi connectivity index (χ3v) is 6.75. The number of hydrogen-bond acceptors (Lipinski definition) is 3. The van der Waals surface area contributed by atoms with Gasteiger partial charge in [0.2, 0.25) is 0 Å². The van der Waals surface area contributed by atoms with Gasteiger partial charge in [0, 0.05) is 25.1 Å². The highest BCUT2D eigenvalue weighted by Crippen LogP contribution is 2.56. The van der Waals surface area contributed by atoms with Crippen LogP contribution >= 0.6 is 15.9 Å². The van der Waals surface area contributed by atoms with Crippen LogP contribution in [0.5, 0.6) is 0 Å². The smallest absolute Gasteiger partial charge is 0.275 e. The summed E-state index contributed by atoms with van der Waals surface area (Å²) in [4.78, 5) is 14.9. The summed E-state index contributed by atoms with van der Waals surface area (Å²) in [7, 11) is 1.92. The van der Waals surface area contributed by atoms with Crippen LogP contribution in [0.4, 0.5) is 0 Å². The van der Waals surface area contributed by atoms with Gasteiger partial charge in [0.1, 0.15) is 0 Å². The third kappa shape index (κ3) is 2.71. The Morgan fingerprint density at radius 2 is 2.12 bits per heavy atom. The van der Waals surface area contributed by atoms with Gasteiger partial charge in [0.25, 0.3) is 5.91 Å². The van der Waals surface area contributed by atoms with E-state index in [0.29, 0.717) is 17.7 Å². The lowest BCUT2D eigenvalue weighted by Crippen LogP contribution is -2.64. The van der Waals surface area contributed by atoms with Gasteiger partial charge in [-0.1, -0.05) is 26.7 Å². The van der Waals surface area contributed by atoms with E-state index in [0.717, 1.165) is 23.2 Å². The first-order valence-electron chi connectivity index (χ1n) is 9.05. The maximum atomic E-state index is 13.0. The average molecular weight is 398 g/mol. The number of H-pyrrole nitrogens is 1. The molecule has 1 aromatic heterocycles. The highest BCUT2D eigenvalue weighted by atomic mass is 79.9. The number of carbonyl (C=O) groups excluding carboxylic acids is 1. The Morgan fingerprint density at radius 1 is 1.46 bits per heavy atom. The molecule has 2 aliphatic carbocycles. The van der Waals surface area contributed by atoms with Crippen molar-refractivity contribution in [2.45, 2.75) is 70.9 Å².